The second-order valence-corrected chi connectivity index (χ2v) is 18.4. The predicted octanol–water partition coefficient (Wildman–Crippen LogP) is 10.7. The van der Waals surface area contributed by atoms with Crippen molar-refractivity contribution in [3.05, 3.63) is 112 Å². The Balaban J connectivity index is 2.54. The van der Waals surface area contributed by atoms with E-state index >= 15 is 0 Å². The van der Waals surface area contributed by atoms with Gasteiger partial charge in [0.2, 0.25) is 0 Å². The van der Waals surface area contributed by atoms with Crippen molar-refractivity contribution < 1.29 is 0 Å². The summed E-state index contributed by atoms with van der Waals surface area (Å²) in [7, 11) is 0. The lowest BCUT2D eigenvalue weighted by Gasteiger charge is -2.30. The molecular weight excluding hydrogens is 625 g/mol. The molecule has 0 aliphatic heterocycles. The van der Waals surface area contributed by atoms with Crippen LogP contribution in [0, 0.1) is 44.9 Å². The van der Waals surface area contributed by atoms with Crippen molar-refractivity contribution in [2.75, 3.05) is 0 Å². The molecule has 0 spiro atoms. The first-order valence-electron chi connectivity index (χ1n) is 16.1. The second kappa shape index (κ2) is 12.9. The summed E-state index contributed by atoms with van der Waals surface area (Å²) >= 11 is 2.89. The number of nitrogens with zero attached hydrogens (tertiary/aromatic N) is 4. The van der Waals surface area contributed by atoms with Crippen molar-refractivity contribution in [3.63, 3.8) is 0 Å². The quantitative estimate of drug-likeness (QED) is 0.200. The van der Waals surface area contributed by atoms with E-state index in [1.165, 1.54) is 44.9 Å². The lowest BCUT2D eigenvalue weighted by molar-refractivity contribution is 0.571. The van der Waals surface area contributed by atoms with E-state index in [9.17, 15) is 10.5 Å². The van der Waals surface area contributed by atoms with E-state index in [4.69, 9.17) is 13.1 Å². The minimum Gasteiger partial charge on any atom is -0.192 e. The highest BCUT2D eigenvalue weighted by Gasteiger charge is 2.30. The largest absolute Gasteiger partial charge is 0.536 e. The monoisotopic (exact) mass is 668 g/mol. The highest BCUT2D eigenvalue weighted by Crippen LogP contribution is 2.44. The predicted molar refractivity (Wildman–Crippen MR) is 202 cm³/mol. The Morgan fingerprint density at radius 3 is 1.17 bits per heavy atom. The van der Waals surface area contributed by atoms with Crippen molar-refractivity contribution in [2.24, 2.45) is 0 Å². The van der Waals surface area contributed by atoms with E-state index in [2.05, 4.69) is 141 Å². The fourth-order valence-electron chi connectivity index (χ4n) is 6.18. The van der Waals surface area contributed by atoms with Crippen LogP contribution in [0.1, 0.15) is 105 Å². The topological polar surface area (TPSA) is 56.3 Å². The maximum absolute atomic E-state index is 10.0. The van der Waals surface area contributed by atoms with Gasteiger partial charge in [0.15, 0.2) is 0 Å². The minimum absolute atomic E-state index is 0.0307. The highest BCUT2D eigenvalue weighted by molar-refractivity contribution is 7.12. The molecule has 244 valence electrons. The molecule has 4 nitrogen and oxygen atoms in total. The van der Waals surface area contributed by atoms with Gasteiger partial charge in [-0.25, -0.2) is 0 Å². The van der Waals surface area contributed by atoms with Crippen LogP contribution in [0.3, 0.4) is 0 Å². The van der Waals surface area contributed by atoms with Crippen LogP contribution in [-0.2, 0) is 21.7 Å². The third kappa shape index (κ3) is 6.89. The molecule has 0 aliphatic carbocycles. The molecule has 0 amide bonds. The van der Waals surface area contributed by atoms with Gasteiger partial charge >= 0.3 is 5.82 Å². The van der Waals surface area contributed by atoms with Crippen molar-refractivity contribution in [1.82, 2.24) is 0 Å². The fourth-order valence-corrected chi connectivity index (χ4v) is 8.55. The van der Waals surface area contributed by atoms with Crippen molar-refractivity contribution in [1.29, 1.82) is 10.5 Å². The van der Waals surface area contributed by atoms with Gasteiger partial charge in [0, 0.05) is 11.1 Å². The van der Waals surface area contributed by atoms with E-state index < -0.39 is 0 Å². The molecule has 2 heterocycles. The van der Waals surface area contributed by atoms with Crippen LogP contribution in [0.2, 0.25) is 0 Å². The Morgan fingerprint density at radius 1 is 0.562 bits per heavy atom. The van der Waals surface area contributed by atoms with E-state index in [0.717, 1.165) is 31.3 Å². The standard InChI is InChI=1S/C42H44N4S2/c1-39(2,3)28-17-15-18-29(40(4,5)6)34(28)26-21-32(25(23-43)24-44)47-36(26)37-27(22-33(48-37)38(45-13)46-14)35-30(41(7,8)9)19-16-20-31(35)42(10,11)12/h15-22H,1-12H3/b37-36+. The molecule has 0 fully saturated rings. The molecule has 0 N–H and O–H groups in total. The zero-order valence-corrected chi connectivity index (χ0v) is 31.9. The molecule has 0 atom stereocenters. The van der Waals surface area contributed by atoms with Crippen LogP contribution in [0.15, 0.2) is 48.5 Å². The molecule has 0 unspecified atom stereocenters. The summed E-state index contributed by atoms with van der Waals surface area (Å²) in [4.78, 5) is 7.26. The number of thiophene rings is 2. The Bertz CT molecular complexity index is 2050. The van der Waals surface area contributed by atoms with Crippen molar-refractivity contribution in [2.45, 2.75) is 105 Å². The van der Waals surface area contributed by atoms with Gasteiger partial charge < -0.3 is 0 Å². The van der Waals surface area contributed by atoms with Gasteiger partial charge in [-0.05, 0) is 67.2 Å². The summed E-state index contributed by atoms with van der Waals surface area (Å²) in [5.41, 5.74) is 8.09. The van der Waals surface area contributed by atoms with Gasteiger partial charge in [-0.15, -0.1) is 22.7 Å². The van der Waals surface area contributed by atoms with Crippen molar-refractivity contribution >= 4 is 34.1 Å². The summed E-state index contributed by atoms with van der Waals surface area (Å²) in [5.74, 6) is 0.0307. The fraction of sp³-hybridized carbons (Fsp3) is 0.381. The molecule has 0 bridgehead atoms. The third-order valence-electron chi connectivity index (χ3n) is 8.47. The Kier molecular flexibility index (Phi) is 9.75. The average Bonchev–Trinajstić information content (AvgIpc) is 3.61. The molecule has 0 aliphatic rings. The van der Waals surface area contributed by atoms with Crippen LogP contribution < -0.4 is 9.06 Å². The van der Waals surface area contributed by atoms with Crippen LogP contribution in [0.25, 0.3) is 43.3 Å². The lowest BCUT2D eigenvalue weighted by Crippen LogP contribution is -2.19. The van der Waals surface area contributed by atoms with Gasteiger partial charge in [-0.2, -0.15) is 20.2 Å². The Labute approximate surface area is 294 Å². The van der Waals surface area contributed by atoms with Crippen LogP contribution in [-0.4, -0.2) is 0 Å². The zero-order valence-electron chi connectivity index (χ0n) is 30.2. The molecule has 4 aromatic rings. The van der Waals surface area contributed by atoms with Crippen LogP contribution >= 0.6 is 22.7 Å². The van der Waals surface area contributed by atoms with Gasteiger partial charge in [-0.3, -0.25) is 0 Å². The van der Waals surface area contributed by atoms with Gasteiger partial charge in [-0.1, -0.05) is 119 Å². The van der Waals surface area contributed by atoms with E-state index in [1.54, 1.807) is 0 Å². The third-order valence-corrected chi connectivity index (χ3v) is 10.9. The normalized spacial score (nSPS) is 12.8. The average molecular weight is 669 g/mol. The molecule has 6 heteroatoms. The van der Waals surface area contributed by atoms with Crippen LogP contribution in [0.4, 0.5) is 0 Å². The molecule has 0 saturated heterocycles. The number of hydrogen-bond acceptors (Lipinski definition) is 4. The maximum atomic E-state index is 10.0. The molecule has 4 rings (SSSR count). The molecular formula is C42H44N4S2. The smallest absolute Gasteiger partial charge is 0.192 e. The minimum atomic E-state index is -0.205. The van der Waals surface area contributed by atoms with Gasteiger partial charge in [0.05, 0.1) is 13.6 Å². The van der Waals surface area contributed by atoms with Crippen LogP contribution in [0.5, 0.6) is 0 Å². The first-order chi connectivity index (χ1) is 22.2. The number of rotatable bonds is 2. The first kappa shape index (κ1) is 36.4. The summed E-state index contributed by atoms with van der Waals surface area (Å²) in [6.45, 7) is 42.3. The summed E-state index contributed by atoms with van der Waals surface area (Å²) in [5, 5.41) is 20.1. The summed E-state index contributed by atoms with van der Waals surface area (Å²) in [6.07, 6.45) is 0. The first-order valence-corrected chi connectivity index (χ1v) is 17.7. The Hall–Kier alpha value is -4.46. The van der Waals surface area contributed by atoms with E-state index in [-0.39, 0.29) is 33.1 Å². The SMILES string of the molecule is [C-]#[N+]C([N+]#[C-])=c1cc(-c2c(C(C)(C)C)cccc2C(C)(C)C)/c(=c2\sc(=C(C#N)C#N)cc2-c2c(C(C)(C)C)cccc2C(C)(C)C)s1. The second-order valence-electron chi connectivity index (χ2n) is 16.3. The van der Waals surface area contributed by atoms with Crippen molar-refractivity contribution in [3.8, 4) is 34.4 Å². The highest BCUT2D eigenvalue weighted by atomic mass is 32.1. The number of benzene rings is 2. The van der Waals surface area contributed by atoms with E-state index in [0.29, 0.717) is 9.06 Å². The molecule has 2 aromatic heterocycles. The van der Waals surface area contributed by atoms with Gasteiger partial charge in [0.1, 0.15) is 35.4 Å². The van der Waals surface area contributed by atoms with E-state index in [1.807, 2.05) is 12.1 Å². The Morgan fingerprint density at radius 2 is 0.875 bits per heavy atom. The molecule has 0 radical (unpaired) electrons. The summed E-state index contributed by atoms with van der Waals surface area (Å²) in [6, 6.07) is 21.3. The van der Waals surface area contributed by atoms with Gasteiger partial charge in [0.25, 0.3) is 0 Å². The summed E-state index contributed by atoms with van der Waals surface area (Å²) < 4.78 is 3.08. The molecule has 2 aromatic carbocycles. The molecule has 0 saturated carbocycles. The molecule has 48 heavy (non-hydrogen) atoms. The lowest BCUT2D eigenvalue weighted by atomic mass is 9.74. The number of nitriles is 2. The zero-order chi connectivity index (χ0) is 36.0. The number of hydrogen-bond donors (Lipinski definition) is 0. The maximum Gasteiger partial charge on any atom is 0.536 e.